The number of Topliss-reactive ketones (excluding diaryl/α,β-unsaturated/α-hetero) is 1. The number of carbonyl (C=O) groups excluding carboxylic acids is 3. The fraction of sp³-hybridized carbons (Fsp3) is 0.400. The largest absolute Gasteiger partial charge is 0.373 e. The lowest BCUT2D eigenvalue weighted by Gasteiger charge is -2.33. The Morgan fingerprint density at radius 2 is 2.00 bits per heavy atom. The molecule has 1 aliphatic heterocycles. The van der Waals surface area contributed by atoms with Gasteiger partial charge in [-0.05, 0) is 79.0 Å². The molecule has 2 atom stereocenters. The Bertz CT molecular complexity index is 1090. The number of halogens is 2. The van der Waals surface area contributed by atoms with E-state index >= 15 is 0 Å². The van der Waals surface area contributed by atoms with Crippen molar-refractivity contribution >= 4 is 34.9 Å². The van der Waals surface area contributed by atoms with Gasteiger partial charge < -0.3 is 15.7 Å². The Morgan fingerprint density at radius 3 is 2.76 bits per heavy atom. The molecule has 33 heavy (non-hydrogen) atoms. The molecule has 4 rings (SSSR count). The smallest absolute Gasteiger partial charge is 0.260 e. The number of carbonyl (C=O) groups is 3. The topological polar surface area (TPSA) is 95.5 Å². The van der Waals surface area contributed by atoms with Crippen LogP contribution in [0.3, 0.4) is 0 Å². The number of benzene rings is 2. The molecule has 1 aliphatic carbocycles. The highest BCUT2D eigenvalue weighted by atomic mass is 35.5. The Labute approximate surface area is 196 Å². The van der Waals surface area contributed by atoms with Crippen molar-refractivity contribution in [2.75, 3.05) is 5.32 Å². The van der Waals surface area contributed by atoms with Crippen molar-refractivity contribution in [1.82, 2.24) is 5.32 Å². The van der Waals surface area contributed by atoms with Gasteiger partial charge in [-0.1, -0.05) is 23.7 Å². The van der Waals surface area contributed by atoms with Crippen LogP contribution < -0.4 is 10.6 Å². The number of aliphatic hydroxyl groups is 1. The van der Waals surface area contributed by atoms with Gasteiger partial charge in [0.05, 0.1) is 0 Å². The van der Waals surface area contributed by atoms with Crippen LogP contribution in [0, 0.1) is 11.7 Å². The Kier molecular flexibility index (Phi) is 6.81. The lowest BCUT2D eigenvalue weighted by atomic mass is 9.75. The van der Waals surface area contributed by atoms with Gasteiger partial charge in [0, 0.05) is 30.1 Å². The van der Waals surface area contributed by atoms with E-state index < -0.39 is 23.1 Å². The average Bonchev–Trinajstić information content (AvgIpc) is 2.77. The predicted molar refractivity (Wildman–Crippen MR) is 122 cm³/mol. The molecular formula is C25H26ClFN2O4. The molecule has 1 fully saturated rings. The van der Waals surface area contributed by atoms with E-state index in [4.69, 9.17) is 11.6 Å². The maximum absolute atomic E-state index is 13.5. The molecule has 6 nitrogen and oxygen atoms in total. The third-order valence-electron chi connectivity index (χ3n) is 6.51. The number of anilines is 1. The zero-order valence-electron chi connectivity index (χ0n) is 18.1. The van der Waals surface area contributed by atoms with Gasteiger partial charge in [-0.2, -0.15) is 0 Å². The molecule has 0 saturated heterocycles. The zero-order valence-corrected chi connectivity index (χ0v) is 18.9. The summed E-state index contributed by atoms with van der Waals surface area (Å²) in [6, 6.07) is 9.92. The van der Waals surface area contributed by atoms with E-state index in [2.05, 4.69) is 16.7 Å². The number of nitrogens with one attached hydrogen (secondary N) is 2. The number of amides is 2. The first-order valence-corrected chi connectivity index (χ1v) is 11.5. The maximum atomic E-state index is 13.5. The van der Waals surface area contributed by atoms with E-state index in [1.165, 1.54) is 12.1 Å². The van der Waals surface area contributed by atoms with Crippen LogP contribution in [0.4, 0.5) is 10.1 Å². The zero-order chi connectivity index (χ0) is 23.6. The SMILES string of the molecule is O=C1CCc2cc(CCC3CCC(O)(C(=O)NCc4cc(F)cc(Cl)c4)C(=O)C3)ccc2N1. The van der Waals surface area contributed by atoms with Crippen molar-refractivity contribution in [3.05, 3.63) is 63.9 Å². The molecule has 2 aliphatic rings. The van der Waals surface area contributed by atoms with E-state index in [9.17, 15) is 23.9 Å². The molecule has 8 heteroatoms. The third-order valence-corrected chi connectivity index (χ3v) is 6.73. The van der Waals surface area contributed by atoms with Crippen LogP contribution in [0.2, 0.25) is 5.02 Å². The summed E-state index contributed by atoms with van der Waals surface area (Å²) in [6.07, 6.45) is 3.52. The lowest BCUT2D eigenvalue weighted by Crippen LogP contribution is -2.55. The number of fused-ring (bicyclic) bond motifs is 1. The van der Waals surface area contributed by atoms with Crippen molar-refractivity contribution in [1.29, 1.82) is 0 Å². The highest BCUT2D eigenvalue weighted by Gasteiger charge is 2.46. The van der Waals surface area contributed by atoms with E-state index in [0.29, 0.717) is 18.4 Å². The summed E-state index contributed by atoms with van der Waals surface area (Å²) in [5, 5.41) is 16.4. The van der Waals surface area contributed by atoms with Crippen LogP contribution in [0.15, 0.2) is 36.4 Å². The molecule has 1 heterocycles. The van der Waals surface area contributed by atoms with Gasteiger partial charge in [-0.25, -0.2) is 4.39 Å². The van der Waals surface area contributed by atoms with Gasteiger partial charge in [0.15, 0.2) is 5.78 Å². The van der Waals surface area contributed by atoms with E-state index in [-0.39, 0.29) is 36.2 Å². The third kappa shape index (κ3) is 5.42. The number of hydrogen-bond acceptors (Lipinski definition) is 4. The molecule has 2 unspecified atom stereocenters. The molecule has 2 aromatic carbocycles. The summed E-state index contributed by atoms with van der Waals surface area (Å²) in [4.78, 5) is 36.8. The molecule has 0 aromatic heterocycles. The second-order valence-corrected chi connectivity index (χ2v) is 9.37. The highest BCUT2D eigenvalue weighted by molar-refractivity contribution is 6.30. The van der Waals surface area contributed by atoms with Crippen LogP contribution in [-0.2, 0) is 33.8 Å². The van der Waals surface area contributed by atoms with E-state index in [1.807, 2.05) is 12.1 Å². The molecule has 0 spiro atoms. The highest BCUT2D eigenvalue weighted by Crippen LogP contribution is 2.33. The molecular weight excluding hydrogens is 447 g/mol. The normalized spacial score (nSPS) is 22.5. The van der Waals surface area contributed by atoms with Gasteiger partial charge in [0.25, 0.3) is 5.91 Å². The minimum Gasteiger partial charge on any atom is -0.373 e. The van der Waals surface area contributed by atoms with Gasteiger partial charge in [-0.15, -0.1) is 0 Å². The summed E-state index contributed by atoms with van der Waals surface area (Å²) in [6.45, 7) is -0.0336. The monoisotopic (exact) mass is 472 g/mol. The Morgan fingerprint density at radius 1 is 1.18 bits per heavy atom. The number of ketones is 1. The van der Waals surface area contributed by atoms with Crippen LogP contribution in [-0.4, -0.2) is 28.3 Å². The average molecular weight is 473 g/mol. The van der Waals surface area contributed by atoms with Crippen LogP contribution in [0.1, 0.15) is 48.8 Å². The first-order valence-electron chi connectivity index (χ1n) is 11.1. The van der Waals surface area contributed by atoms with Gasteiger partial charge >= 0.3 is 0 Å². The summed E-state index contributed by atoms with van der Waals surface area (Å²) in [5.74, 6) is -1.65. The standard InChI is InChI=1S/C25H26ClFN2O4/c26-19-10-17(11-20(27)13-19)14-28-24(32)25(33)8-7-16(12-22(25)30)2-1-15-3-5-21-18(9-15)4-6-23(31)29-21/h3,5,9-11,13,16,33H,1-2,4,6-8,12,14H2,(H,28,32)(H,29,31). The lowest BCUT2D eigenvalue weighted by molar-refractivity contribution is -0.157. The maximum Gasteiger partial charge on any atom is 0.260 e. The fourth-order valence-electron chi connectivity index (χ4n) is 4.58. The van der Waals surface area contributed by atoms with Crippen LogP contribution >= 0.6 is 11.6 Å². The van der Waals surface area contributed by atoms with E-state index in [1.54, 1.807) is 0 Å². The van der Waals surface area contributed by atoms with Crippen molar-refractivity contribution in [2.24, 2.45) is 5.92 Å². The summed E-state index contributed by atoms with van der Waals surface area (Å²) >= 11 is 5.82. The van der Waals surface area contributed by atoms with E-state index in [0.717, 1.165) is 42.1 Å². The molecule has 174 valence electrons. The first-order chi connectivity index (χ1) is 15.7. The molecule has 0 bridgehead atoms. The van der Waals surface area contributed by atoms with Crippen molar-refractivity contribution in [3.63, 3.8) is 0 Å². The molecule has 0 radical (unpaired) electrons. The van der Waals surface area contributed by atoms with Crippen molar-refractivity contribution in [3.8, 4) is 0 Å². The number of rotatable bonds is 6. The van der Waals surface area contributed by atoms with Crippen molar-refractivity contribution < 1.29 is 23.9 Å². The minimum atomic E-state index is -2.06. The second-order valence-electron chi connectivity index (χ2n) is 8.93. The van der Waals surface area contributed by atoms with Crippen molar-refractivity contribution in [2.45, 2.75) is 57.1 Å². The fourth-order valence-corrected chi connectivity index (χ4v) is 4.82. The number of aryl methyl sites for hydroxylation is 2. The summed E-state index contributed by atoms with van der Waals surface area (Å²) in [5.41, 5.74) is 1.52. The second kappa shape index (κ2) is 9.61. The predicted octanol–water partition coefficient (Wildman–Crippen LogP) is 3.71. The summed E-state index contributed by atoms with van der Waals surface area (Å²) in [7, 11) is 0. The van der Waals surface area contributed by atoms with Gasteiger partial charge in [0.2, 0.25) is 11.5 Å². The molecule has 2 amide bonds. The Hall–Kier alpha value is -2.77. The van der Waals surface area contributed by atoms with Gasteiger partial charge in [0.1, 0.15) is 5.82 Å². The minimum absolute atomic E-state index is 0.0336. The summed E-state index contributed by atoms with van der Waals surface area (Å²) < 4.78 is 13.5. The van der Waals surface area contributed by atoms with Gasteiger partial charge in [-0.3, -0.25) is 14.4 Å². The molecule has 3 N–H and O–H groups in total. The molecule has 1 saturated carbocycles. The first kappa shape index (κ1) is 23.4. The van der Waals surface area contributed by atoms with Crippen LogP contribution in [0.25, 0.3) is 0 Å². The Balaban J connectivity index is 1.30. The van der Waals surface area contributed by atoms with Crippen LogP contribution in [0.5, 0.6) is 0 Å². The number of hydrogen-bond donors (Lipinski definition) is 3. The molecule has 2 aromatic rings. The quantitative estimate of drug-likeness (QED) is 0.558.